The van der Waals surface area contributed by atoms with E-state index in [9.17, 15) is 9.90 Å². The first kappa shape index (κ1) is 15.4. The molecule has 1 atom stereocenters. The Hall–Kier alpha value is -1.03. The van der Waals surface area contributed by atoms with E-state index in [2.05, 4.69) is 0 Å². The lowest BCUT2D eigenvalue weighted by Gasteiger charge is -2.31. The molecule has 1 N–H and O–H groups in total. The van der Waals surface area contributed by atoms with Crippen LogP contribution < -0.4 is 0 Å². The van der Waals surface area contributed by atoms with Crippen molar-refractivity contribution in [1.29, 1.82) is 0 Å². The monoisotopic (exact) mass is 313 g/mol. The SMILES string of the molecule is O=C(/C=C/c1ccc(Cl)c(Cl)c1)N1CCCC(CO)C1. The van der Waals surface area contributed by atoms with Crippen LogP contribution >= 0.6 is 23.2 Å². The molecule has 0 radical (unpaired) electrons. The zero-order valence-corrected chi connectivity index (χ0v) is 12.6. The summed E-state index contributed by atoms with van der Waals surface area (Å²) in [5.41, 5.74) is 0.837. The van der Waals surface area contributed by atoms with E-state index in [1.807, 2.05) is 6.07 Å². The number of carbonyl (C=O) groups excluding carboxylic acids is 1. The Balaban J connectivity index is 1.99. The first-order chi connectivity index (χ1) is 9.60. The van der Waals surface area contributed by atoms with Crippen molar-refractivity contribution in [1.82, 2.24) is 4.90 Å². The summed E-state index contributed by atoms with van der Waals surface area (Å²) in [6.45, 7) is 1.52. The molecule has 1 unspecified atom stereocenters. The zero-order chi connectivity index (χ0) is 14.5. The Labute approximate surface area is 128 Å². The molecule has 20 heavy (non-hydrogen) atoms. The van der Waals surface area contributed by atoms with Gasteiger partial charge in [0, 0.05) is 25.8 Å². The van der Waals surface area contributed by atoms with Gasteiger partial charge in [0.1, 0.15) is 0 Å². The van der Waals surface area contributed by atoms with Crippen molar-refractivity contribution in [2.75, 3.05) is 19.7 Å². The molecule has 1 saturated heterocycles. The molecule has 0 saturated carbocycles. The van der Waals surface area contributed by atoms with Crippen LogP contribution in [0.15, 0.2) is 24.3 Å². The van der Waals surface area contributed by atoms with E-state index in [-0.39, 0.29) is 18.4 Å². The molecule has 3 nitrogen and oxygen atoms in total. The number of halogens is 2. The van der Waals surface area contributed by atoms with E-state index < -0.39 is 0 Å². The van der Waals surface area contributed by atoms with Crippen LogP contribution in [0.4, 0.5) is 0 Å². The van der Waals surface area contributed by atoms with Gasteiger partial charge in [0.05, 0.1) is 10.0 Å². The first-order valence-electron chi connectivity index (χ1n) is 6.63. The summed E-state index contributed by atoms with van der Waals surface area (Å²) in [6, 6.07) is 5.24. The van der Waals surface area contributed by atoms with Crippen molar-refractivity contribution in [2.45, 2.75) is 12.8 Å². The van der Waals surface area contributed by atoms with Crippen LogP contribution in [0, 0.1) is 5.92 Å². The molecule has 0 aromatic heterocycles. The molecule has 0 bridgehead atoms. The minimum absolute atomic E-state index is 0.0331. The summed E-state index contributed by atoms with van der Waals surface area (Å²) in [7, 11) is 0. The molecule has 0 aliphatic carbocycles. The average Bonchev–Trinajstić information content (AvgIpc) is 2.48. The topological polar surface area (TPSA) is 40.5 Å². The van der Waals surface area contributed by atoms with Crippen LogP contribution in [0.2, 0.25) is 10.0 Å². The van der Waals surface area contributed by atoms with Gasteiger partial charge in [0.2, 0.25) is 5.91 Å². The largest absolute Gasteiger partial charge is 0.396 e. The standard InChI is InChI=1S/C15H17Cl2NO2/c16-13-5-3-11(8-14(13)17)4-6-15(20)18-7-1-2-12(9-18)10-19/h3-6,8,12,19H,1-2,7,9-10H2/b6-4+. The highest BCUT2D eigenvalue weighted by Gasteiger charge is 2.21. The quantitative estimate of drug-likeness (QED) is 0.870. The molecular weight excluding hydrogens is 297 g/mol. The van der Waals surface area contributed by atoms with Gasteiger partial charge in [0.15, 0.2) is 0 Å². The number of nitrogens with zero attached hydrogens (tertiary/aromatic N) is 1. The van der Waals surface area contributed by atoms with Gasteiger partial charge in [0.25, 0.3) is 0 Å². The fraction of sp³-hybridized carbons (Fsp3) is 0.400. The second kappa shape index (κ2) is 7.11. The zero-order valence-electron chi connectivity index (χ0n) is 11.1. The highest BCUT2D eigenvalue weighted by atomic mass is 35.5. The smallest absolute Gasteiger partial charge is 0.246 e. The van der Waals surface area contributed by atoms with Crippen molar-refractivity contribution < 1.29 is 9.90 Å². The Morgan fingerprint density at radius 2 is 2.20 bits per heavy atom. The summed E-state index contributed by atoms with van der Waals surface area (Å²) < 4.78 is 0. The number of likely N-dealkylation sites (tertiary alicyclic amines) is 1. The van der Waals surface area contributed by atoms with E-state index in [1.165, 1.54) is 0 Å². The maximum Gasteiger partial charge on any atom is 0.246 e. The van der Waals surface area contributed by atoms with Crippen LogP contribution in [0.25, 0.3) is 6.08 Å². The normalized spacial score (nSPS) is 19.6. The van der Waals surface area contributed by atoms with Crippen LogP contribution in [0.1, 0.15) is 18.4 Å². The molecule has 5 heteroatoms. The molecule has 1 aliphatic rings. The Kier molecular flexibility index (Phi) is 5.46. The predicted molar refractivity (Wildman–Crippen MR) is 81.9 cm³/mol. The van der Waals surface area contributed by atoms with Gasteiger partial charge >= 0.3 is 0 Å². The molecule has 108 valence electrons. The van der Waals surface area contributed by atoms with Crippen LogP contribution in [0.5, 0.6) is 0 Å². The van der Waals surface area contributed by atoms with Gasteiger partial charge in [-0.05, 0) is 42.5 Å². The fourth-order valence-corrected chi connectivity index (χ4v) is 2.61. The summed E-state index contributed by atoms with van der Waals surface area (Å²) in [5.74, 6) is 0.167. The lowest BCUT2D eigenvalue weighted by Crippen LogP contribution is -2.40. The van der Waals surface area contributed by atoms with Gasteiger partial charge in [-0.3, -0.25) is 4.79 Å². The fourth-order valence-electron chi connectivity index (χ4n) is 2.30. The number of hydrogen-bond acceptors (Lipinski definition) is 2. The Bertz CT molecular complexity index is 517. The van der Waals surface area contributed by atoms with E-state index >= 15 is 0 Å². The highest BCUT2D eigenvalue weighted by Crippen LogP contribution is 2.23. The van der Waals surface area contributed by atoms with E-state index in [4.69, 9.17) is 23.2 Å². The van der Waals surface area contributed by atoms with Gasteiger partial charge in [-0.25, -0.2) is 0 Å². The number of aliphatic hydroxyl groups excluding tert-OH is 1. The molecule has 1 aromatic rings. The number of benzene rings is 1. The first-order valence-corrected chi connectivity index (χ1v) is 7.38. The maximum absolute atomic E-state index is 12.1. The number of hydrogen-bond donors (Lipinski definition) is 1. The lowest BCUT2D eigenvalue weighted by molar-refractivity contribution is -0.127. The molecule has 2 rings (SSSR count). The van der Waals surface area contributed by atoms with Crippen molar-refractivity contribution in [2.24, 2.45) is 5.92 Å². The summed E-state index contributed by atoms with van der Waals surface area (Å²) in [6.07, 6.45) is 5.20. The van der Waals surface area contributed by atoms with Crippen molar-refractivity contribution in [3.8, 4) is 0 Å². The summed E-state index contributed by atoms with van der Waals surface area (Å²) >= 11 is 11.8. The molecule has 1 fully saturated rings. The number of piperidine rings is 1. The molecular formula is C15H17Cl2NO2. The Morgan fingerprint density at radius 1 is 1.40 bits per heavy atom. The number of rotatable bonds is 3. The van der Waals surface area contributed by atoms with Gasteiger partial charge in [-0.2, -0.15) is 0 Å². The third kappa shape index (κ3) is 3.98. The average molecular weight is 314 g/mol. The summed E-state index contributed by atoms with van der Waals surface area (Å²) in [5, 5.41) is 10.1. The molecule has 0 spiro atoms. The van der Waals surface area contributed by atoms with Crippen LogP contribution in [-0.2, 0) is 4.79 Å². The lowest BCUT2D eigenvalue weighted by atomic mass is 9.99. The Morgan fingerprint density at radius 3 is 2.90 bits per heavy atom. The van der Waals surface area contributed by atoms with Gasteiger partial charge < -0.3 is 10.0 Å². The third-order valence-electron chi connectivity index (χ3n) is 3.45. The predicted octanol–water partition coefficient (Wildman–Crippen LogP) is 3.24. The van der Waals surface area contributed by atoms with Crippen LogP contribution in [0.3, 0.4) is 0 Å². The maximum atomic E-state index is 12.1. The second-order valence-electron chi connectivity index (χ2n) is 4.98. The number of carbonyl (C=O) groups is 1. The molecule has 1 heterocycles. The minimum atomic E-state index is -0.0331. The van der Waals surface area contributed by atoms with Crippen LogP contribution in [-0.4, -0.2) is 35.6 Å². The third-order valence-corrected chi connectivity index (χ3v) is 4.19. The van der Waals surface area contributed by atoms with Gasteiger partial charge in [-0.1, -0.05) is 29.3 Å². The number of amides is 1. The minimum Gasteiger partial charge on any atom is -0.396 e. The van der Waals surface area contributed by atoms with E-state index in [0.29, 0.717) is 16.6 Å². The highest BCUT2D eigenvalue weighted by molar-refractivity contribution is 6.42. The molecule has 1 aromatic carbocycles. The van der Waals surface area contributed by atoms with E-state index in [1.54, 1.807) is 29.2 Å². The molecule has 1 amide bonds. The van der Waals surface area contributed by atoms with Crippen molar-refractivity contribution in [3.63, 3.8) is 0 Å². The molecule has 1 aliphatic heterocycles. The number of aliphatic hydroxyl groups is 1. The van der Waals surface area contributed by atoms with E-state index in [0.717, 1.165) is 24.9 Å². The van der Waals surface area contributed by atoms with Gasteiger partial charge in [-0.15, -0.1) is 0 Å². The summed E-state index contributed by atoms with van der Waals surface area (Å²) in [4.78, 5) is 13.9. The van der Waals surface area contributed by atoms with Crippen molar-refractivity contribution in [3.05, 3.63) is 39.9 Å². The second-order valence-corrected chi connectivity index (χ2v) is 5.80. The van der Waals surface area contributed by atoms with Crippen molar-refractivity contribution >= 4 is 35.2 Å².